The Hall–Kier alpha value is -2.39. The topological polar surface area (TPSA) is 111 Å². The number of ketones is 1. The third kappa shape index (κ3) is 3.88. The molecule has 0 aliphatic rings. The van der Waals surface area contributed by atoms with Crippen molar-refractivity contribution in [3.05, 3.63) is 35.0 Å². The molecule has 2 rings (SSSR count). The summed E-state index contributed by atoms with van der Waals surface area (Å²) >= 11 is 0. The Labute approximate surface area is 152 Å². The maximum atomic E-state index is 12.8. The van der Waals surface area contributed by atoms with Gasteiger partial charge in [0.15, 0.2) is 15.6 Å². The minimum absolute atomic E-state index is 0.0740. The smallest absolute Gasteiger partial charge is 0.220 e. The Balaban J connectivity index is 2.54. The van der Waals surface area contributed by atoms with Gasteiger partial charge in [-0.05, 0) is 31.5 Å². The number of rotatable bonds is 8. The van der Waals surface area contributed by atoms with Crippen LogP contribution in [0.15, 0.2) is 23.2 Å². The number of carbonyl (C=O) groups excluding carboxylic acids is 1. The third-order valence-corrected chi connectivity index (χ3v) is 5.17. The fourth-order valence-electron chi connectivity index (χ4n) is 2.66. The lowest BCUT2D eigenvalue weighted by atomic mass is 9.99. The van der Waals surface area contributed by atoms with E-state index in [-0.39, 0.29) is 16.3 Å². The fourth-order valence-corrected chi connectivity index (χ4v) is 3.57. The average molecular weight is 381 g/mol. The molecule has 0 radical (unpaired) electrons. The number of aryl methyl sites for hydroxylation is 1. The zero-order valence-corrected chi connectivity index (χ0v) is 16.1. The summed E-state index contributed by atoms with van der Waals surface area (Å²) < 4.78 is 30.4. The fraction of sp³-hybridized carbons (Fsp3) is 0.412. The van der Waals surface area contributed by atoms with Gasteiger partial charge in [0.1, 0.15) is 5.56 Å². The quantitative estimate of drug-likeness (QED) is 0.528. The van der Waals surface area contributed by atoms with Crippen LogP contribution < -0.4 is 5.32 Å². The monoisotopic (exact) mass is 381 g/mol. The maximum Gasteiger partial charge on any atom is 0.220 e. The van der Waals surface area contributed by atoms with E-state index >= 15 is 0 Å². The summed E-state index contributed by atoms with van der Waals surface area (Å²) in [6, 6.07) is 2.85. The lowest BCUT2D eigenvalue weighted by molar-refractivity contribution is 0.103. The number of nitrogens with zero attached hydrogens (tertiary/aromatic N) is 2. The van der Waals surface area contributed by atoms with Crippen LogP contribution in [0.4, 0.5) is 5.69 Å². The van der Waals surface area contributed by atoms with Crippen molar-refractivity contribution >= 4 is 21.3 Å². The molecule has 9 heteroatoms. The zero-order chi connectivity index (χ0) is 19.5. The number of nitrogens with one attached hydrogen (secondary N) is 1. The van der Waals surface area contributed by atoms with Crippen LogP contribution in [-0.4, -0.2) is 55.6 Å². The van der Waals surface area contributed by atoms with Crippen molar-refractivity contribution in [1.29, 1.82) is 0 Å². The molecule has 0 unspecified atom stereocenters. The average Bonchev–Trinajstić information content (AvgIpc) is 2.95. The van der Waals surface area contributed by atoms with Gasteiger partial charge >= 0.3 is 0 Å². The molecular formula is C17H23N3O5S. The van der Waals surface area contributed by atoms with Crippen LogP contribution in [0.3, 0.4) is 0 Å². The van der Waals surface area contributed by atoms with Gasteiger partial charge in [0.05, 0.1) is 23.4 Å². The molecule has 142 valence electrons. The highest BCUT2D eigenvalue weighted by Crippen LogP contribution is 2.30. The van der Waals surface area contributed by atoms with Crippen LogP contribution >= 0.6 is 0 Å². The SMILES string of the molecule is CCn1ncc(C(=O)c2ccc(S(C)(=O)=O)c(NCCOC)c2C)c1O. The van der Waals surface area contributed by atoms with E-state index in [9.17, 15) is 18.3 Å². The Morgan fingerprint density at radius 1 is 1.35 bits per heavy atom. The van der Waals surface area contributed by atoms with Gasteiger partial charge in [-0.25, -0.2) is 13.1 Å². The number of methoxy groups -OCH3 is 1. The second-order valence-corrected chi connectivity index (χ2v) is 7.81. The van der Waals surface area contributed by atoms with E-state index in [1.165, 1.54) is 23.0 Å². The van der Waals surface area contributed by atoms with Gasteiger partial charge in [0.2, 0.25) is 5.88 Å². The van der Waals surface area contributed by atoms with Crippen molar-refractivity contribution in [2.45, 2.75) is 25.3 Å². The van der Waals surface area contributed by atoms with E-state index in [1.54, 1.807) is 21.0 Å². The molecule has 0 fully saturated rings. The van der Waals surface area contributed by atoms with Crippen molar-refractivity contribution < 1.29 is 23.1 Å². The second kappa shape index (κ2) is 7.88. The first-order valence-electron chi connectivity index (χ1n) is 8.08. The third-order valence-electron chi connectivity index (χ3n) is 4.03. The van der Waals surface area contributed by atoms with Crippen LogP contribution in [0.2, 0.25) is 0 Å². The van der Waals surface area contributed by atoms with E-state index in [4.69, 9.17) is 4.74 Å². The molecule has 0 saturated carbocycles. The van der Waals surface area contributed by atoms with Gasteiger partial charge in [-0.1, -0.05) is 0 Å². The highest BCUT2D eigenvalue weighted by Gasteiger charge is 2.24. The number of carbonyl (C=O) groups is 1. The van der Waals surface area contributed by atoms with Gasteiger partial charge < -0.3 is 15.2 Å². The van der Waals surface area contributed by atoms with E-state index in [1.807, 2.05) is 0 Å². The molecule has 1 aromatic carbocycles. The van der Waals surface area contributed by atoms with E-state index < -0.39 is 15.6 Å². The number of ether oxygens (including phenoxy) is 1. The predicted octanol–water partition coefficient (Wildman–Crippen LogP) is 1.61. The maximum absolute atomic E-state index is 12.8. The van der Waals surface area contributed by atoms with Crippen LogP contribution in [-0.2, 0) is 21.1 Å². The van der Waals surface area contributed by atoms with Crippen LogP contribution in [0.25, 0.3) is 0 Å². The largest absolute Gasteiger partial charge is 0.493 e. The summed E-state index contributed by atoms with van der Waals surface area (Å²) in [6.45, 7) is 4.65. The Kier molecular flexibility index (Phi) is 6.04. The van der Waals surface area contributed by atoms with Gasteiger partial charge in [0.25, 0.3) is 0 Å². The highest BCUT2D eigenvalue weighted by atomic mass is 32.2. The van der Waals surface area contributed by atoms with Crippen LogP contribution in [0.1, 0.15) is 28.4 Å². The van der Waals surface area contributed by atoms with Crippen molar-refractivity contribution in [1.82, 2.24) is 9.78 Å². The van der Waals surface area contributed by atoms with Crippen LogP contribution in [0, 0.1) is 6.92 Å². The molecule has 2 N–H and O–H groups in total. The minimum Gasteiger partial charge on any atom is -0.493 e. The van der Waals surface area contributed by atoms with Crippen molar-refractivity contribution in [2.75, 3.05) is 31.8 Å². The molecule has 1 aromatic heterocycles. The number of hydrogen-bond donors (Lipinski definition) is 2. The van der Waals surface area contributed by atoms with Crippen molar-refractivity contribution in [3.8, 4) is 5.88 Å². The van der Waals surface area contributed by atoms with E-state index in [0.717, 1.165) is 6.26 Å². The first kappa shape index (κ1) is 19.9. The van der Waals surface area contributed by atoms with Gasteiger partial charge in [-0.15, -0.1) is 0 Å². The number of hydrogen-bond acceptors (Lipinski definition) is 7. The molecule has 26 heavy (non-hydrogen) atoms. The van der Waals surface area contributed by atoms with E-state index in [0.29, 0.717) is 36.5 Å². The normalized spacial score (nSPS) is 11.5. The molecule has 0 spiro atoms. The number of aromatic hydroxyl groups is 1. The second-order valence-electron chi connectivity index (χ2n) is 5.83. The number of aromatic nitrogens is 2. The molecule has 2 aromatic rings. The summed E-state index contributed by atoms with van der Waals surface area (Å²) in [5, 5.41) is 17.1. The first-order chi connectivity index (χ1) is 12.2. The molecule has 0 bridgehead atoms. The molecule has 0 aliphatic carbocycles. The Morgan fingerprint density at radius 3 is 2.58 bits per heavy atom. The number of anilines is 1. The summed E-state index contributed by atoms with van der Waals surface area (Å²) in [7, 11) is -1.95. The van der Waals surface area contributed by atoms with E-state index in [2.05, 4.69) is 10.4 Å². The van der Waals surface area contributed by atoms with Gasteiger partial charge in [-0.2, -0.15) is 5.10 Å². The summed E-state index contributed by atoms with van der Waals surface area (Å²) in [5.74, 6) is -0.632. The number of benzene rings is 1. The molecule has 0 atom stereocenters. The summed E-state index contributed by atoms with van der Waals surface area (Å²) in [4.78, 5) is 13.0. The van der Waals surface area contributed by atoms with Crippen molar-refractivity contribution in [3.63, 3.8) is 0 Å². The lowest BCUT2D eigenvalue weighted by Gasteiger charge is -2.16. The molecule has 0 aliphatic heterocycles. The van der Waals surface area contributed by atoms with Crippen LogP contribution in [0.5, 0.6) is 5.88 Å². The van der Waals surface area contributed by atoms with Gasteiger partial charge in [-0.3, -0.25) is 4.79 Å². The molecule has 0 amide bonds. The number of sulfone groups is 1. The first-order valence-corrected chi connectivity index (χ1v) is 9.97. The summed E-state index contributed by atoms with van der Waals surface area (Å²) in [6.07, 6.45) is 2.42. The Bertz CT molecular complexity index is 919. The predicted molar refractivity (Wildman–Crippen MR) is 97.7 cm³/mol. The zero-order valence-electron chi connectivity index (χ0n) is 15.2. The van der Waals surface area contributed by atoms with Gasteiger partial charge in [0, 0.05) is 32.0 Å². The minimum atomic E-state index is -3.49. The van der Waals surface area contributed by atoms with Crippen molar-refractivity contribution in [2.24, 2.45) is 0 Å². The lowest BCUT2D eigenvalue weighted by Crippen LogP contribution is -2.15. The Morgan fingerprint density at radius 2 is 2.04 bits per heavy atom. The highest BCUT2D eigenvalue weighted by molar-refractivity contribution is 7.90. The molecule has 0 saturated heterocycles. The standard InChI is InChI=1S/C17H23N3O5S/c1-5-20-17(22)13(10-19-20)16(21)12-6-7-14(26(4,23)24)15(11(12)2)18-8-9-25-3/h6-7,10,18,22H,5,8-9H2,1-4H3. The molecule has 1 heterocycles. The molecular weight excluding hydrogens is 358 g/mol. The molecule has 8 nitrogen and oxygen atoms in total. The summed E-state index contributed by atoms with van der Waals surface area (Å²) in [5.41, 5.74) is 1.21.